The van der Waals surface area contributed by atoms with Crippen molar-refractivity contribution in [1.82, 2.24) is 5.10 Å². The topological polar surface area (TPSA) is 16.8 Å². The molecule has 3 aromatic rings. The fourth-order valence-electron chi connectivity index (χ4n) is 2.71. The number of thiophene rings is 1. The Hall–Kier alpha value is -1.76. The average Bonchev–Trinajstić information content (AvgIpc) is 2.72. The number of hydrogen-bond acceptors (Lipinski definition) is 2. The van der Waals surface area contributed by atoms with Crippen molar-refractivity contribution in [3.8, 4) is 0 Å². The number of rotatable bonds is 1. The molecule has 0 fully saturated rings. The van der Waals surface area contributed by atoms with E-state index in [2.05, 4.69) is 5.10 Å². The van der Waals surface area contributed by atoms with Gasteiger partial charge in [-0.3, -0.25) is 0 Å². The third-order valence-corrected chi connectivity index (χ3v) is 4.54. The van der Waals surface area contributed by atoms with E-state index in [1.165, 1.54) is 11.6 Å². The number of aromatic nitrogens is 2. The van der Waals surface area contributed by atoms with Crippen molar-refractivity contribution in [2.75, 3.05) is 0 Å². The minimum Gasteiger partial charge on any atom is -0.205 e. The number of benzene rings is 1. The van der Waals surface area contributed by atoms with E-state index in [0.29, 0.717) is 12.1 Å². The third-order valence-electron chi connectivity index (χ3n) is 3.59. The van der Waals surface area contributed by atoms with Crippen LogP contribution in [0.1, 0.15) is 18.3 Å². The lowest BCUT2D eigenvalue weighted by atomic mass is 10.0. The van der Waals surface area contributed by atoms with Gasteiger partial charge in [-0.2, -0.15) is 4.39 Å². The van der Waals surface area contributed by atoms with Crippen LogP contribution in [0.2, 0.25) is 0 Å². The molecule has 21 heavy (non-hydrogen) atoms. The Balaban J connectivity index is 2.71. The number of nitrogens with zero attached hydrogens (tertiary/aromatic N) is 2. The van der Waals surface area contributed by atoms with E-state index in [0.717, 1.165) is 0 Å². The molecule has 0 saturated carbocycles. The average molecular weight is 315 g/mol. The predicted molar refractivity (Wildman–Crippen MR) is 72.2 cm³/mol. The maximum Gasteiger partial charge on any atom is 0.218 e. The zero-order chi connectivity index (χ0) is 15.5. The van der Waals surface area contributed by atoms with E-state index in [4.69, 9.17) is 0 Å². The Bertz CT molecular complexity index is 902. The first kappa shape index (κ1) is 14.2. The largest absolute Gasteiger partial charge is 0.218 e. The maximum absolute atomic E-state index is 14.7. The highest BCUT2D eigenvalue weighted by Gasteiger charge is 2.29. The van der Waals surface area contributed by atoms with E-state index < -0.39 is 28.0 Å². The summed E-state index contributed by atoms with van der Waals surface area (Å²) in [5, 5.41) is 2.25. The molecule has 2 nitrogen and oxygen atoms in total. The Morgan fingerprint density at radius 1 is 1.00 bits per heavy atom. The molecule has 0 aliphatic heterocycles. The van der Waals surface area contributed by atoms with E-state index in [9.17, 15) is 17.6 Å². The Morgan fingerprint density at radius 2 is 1.67 bits per heavy atom. The fraction of sp³-hybridized carbons (Fsp3) is 0.286. The van der Waals surface area contributed by atoms with Crippen LogP contribution in [-0.2, 0) is 13.5 Å². The van der Waals surface area contributed by atoms with Crippen LogP contribution in [0, 0.1) is 29.5 Å². The predicted octanol–water partition coefficient (Wildman–Crippen LogP) is 3.70. The van der Waals surface area contributed by atoms with Crippen molar-refractivity contribution < 1.29 is 22.2 Å². The number of halogens is 4. The van der Waals surface area contributed by atoms with Crippen molar-refractivity contribution >= 4 is 32.2 Å². The lowest BCUT2D eigenvalue weighted by molar-refractivity contribution is -0.736. The molecule has 0 saturated heterocycles. The van der Waals surface area contributed by atoms with Crippen molar-refractivity contribution in [3.05, 3.63) is 34.0 Å². The number of hydrogen-bond donors (Lipinski definition) is 0. The molecule has 0 radical (unpaired) electrons. The van der Waals surface area contributed by atoms with Crippen LogP contribution in [0.4, 0.5) is 17.6 Å². The first-order chi connectivity index (χ1) is 9.88. The highest BCUT2D eigenvalue weighted by molar-refractivity contribution is 7.17. The van der Waals surface area contributed by atoms with Gasteiger partial charge in [-0.1, -0.05) is 22.9 Å². The normalized spacial score (nSPS) is 11.8. The summed E-state index contributed by atoms with van der Waals surface area (Å²) >= 11 is 0.269. The van der Waals surface area contributed by atoms with Gasteiger partial charge in [0.05, 0.1) is 20.9 Å². The van der Waals surface area contributed by atoms with Gasteiger partial charge in [-0.15, -0.1) is 0 Å². The molecule has 3 rings (SSSR count). The molecule has 0 aliphatic carbocycles. The first-order valence-electron chi connectivity index (χ1n) is 6.32. The van der Waals surface area contributed by atoms with Gasteiger partial charge in [0, 0.05) is 6.42 Å². The maximum atomic E-state index is 14.7. The summed E-state index contributed by atoms with van der Waals surface area (Å²) < 4.78 is 57.6. The Labute approximate surface area is 121 Å². The molecule has 0 bridgehead atoms. The molecular weight excluding hydrogens is 304 g/mol. The van der Waals surface area contributed by atoms with Gasteiger partial charge in [0.1, 0.15) is 11.5 Å². The second-order valence-corrected chi connectivity index (χ2v) is 5.75. The third kappa shape index (κ3) is 1.76. The van der Waals surface area contributed by atoms with Crippen molar-refractivity contribution in [2.24, 2.45) is 7.05 Å². The summed E-state index contributed by atoms with van der Waals surface area (Å²) in [7, 11) is 1.61. The van der Waals surface area contributed by atoms with Gasteiger partial charge in [0.15, 0.2) is 18.7 Å². The van der Waals surface area contributed by atoms with Gasteiger partial charge in [0.2, 0.25) is 10.8 Å². The summed E-state index contributed by atoms with van der Waals surface area (Å²) in [6.45, 7) is 3.30. The van der Waals surface area contributed by atoms with Crippen molar-refractivity contribution in [3.63, 3.8) is 0 Å². The van der Waals surface area contributed by atoms with Gasteiger partial charge in [-0.05, 0) is 12.0 Å². The van der Waals surface area contributed by atoms with Gasteiger partial charge < -0.3 is 0 Å². The Kier molecular flexibility index (Phi) is 3.12. The van der Waals surface area contributed by atoms with Crippen LogP contribution in [0.15, 0.2) is 0 Å². The first-order valence-corrected chi connectivity index (χ1v) is 7.14. The van der Waals surface area contributed by atoms with Crippen molar-refractivity contribution in [1.29, 1.82) is 0 Å². The lowest BCUT2D eigenvalue weighted by Gasteiger charge is -2.08. The van der Waals surface area contributed by atoms with Crippen LogP contribution >= 0.6 is 11.3 Å². The highest BCUT2D eigenvalue weighted by atomic mass is 32.1. The molecule has 0 unspecified atom stereocenters. The smallest absolute Gasteiger partial charge is 0.205 e. The molecular formula is C14H11F4N2S+. The minimum absolute atomic E-state index is 0.0174. The van der Waals surface area contributed by atoms with Crippen LogP contribution in [0.5, 0.6) is 0 Å². The number of aryl methyl sites for hydroxylation is 3. The van der Waals surface area contributed by atoms with E-state index in [-0.39, 0.29) is 32.5 Å². The molecule has 2 aromatic heterocycles. The molecule has 1 aromatic carbocycles. The van der Waals surface area contributed by atoms with Crippen LogP contribution < -0.4 is 4.68 Å². The molecule has 0 atom stereocenters. The SMILES string of the molecule is CCc1c2c(F)c3c(F)c(F)sc3c(F)c2c(C)n[n+]1C. The van der Waals surface area contributed by atoms with Crippen LogP contribution in [0.3, 0.4) is 0 Å². The van der Waals surface area contributed by atoms with Gasteiger partial charge in [0.25, 0.3) is 0 Å². The fourth-order valence-corrected chi connectivity index (χ4v) is 3.55. The van der Waals surface area contributed by atoms with Crippen LogP contribution in [0.25, 0.3) is 20.9 Å². The molecule has 0 aliphatic rings. The van der Waals surface area contributed by atoms with E-state index in [1.807, 2.05) is 0 Å². The monoisotopic (exact) mass is 315 g/mol. The molecule has 0 amide bonds. The second kappa shape index (κ2) is 4.62. The summed E-state index contributed by atoms with van der Waals surface area (Å²) in [4.78, 5) is 0. The standard InChI is InChI=1S/C14H11F4N2S/c1-4-6-8-7(5(2)19-20(6)3)11(16)13-9(10(8)15)12(17)14(18)21-13/h4H2,1-3H3/q+1. The van der Waals surface area contributed by atoms with Crippen molar-refractivity contribution in [2.45, 2.75) is 20.3 Å². The van der Waals surface area contributed by atoms with E-state index >= 15 is 0 Å². The highest BCUT2D eigenvalue weighted by Crippen LogP contribution is 2.39. The number of fused-ring (bicyclic) bond motifs is 2. The molecule has 2 heterocycles. The Morgan fingerprint density at radius 3 is 2.29 bits per heavy atom. The summed E-state index contributed by atoms with van der Waals surface area (Å²) in [6.07, 6.45) is 0.385. The quantitative estimate of drug-likeness (QED) is 0.494. The lowest BCUT2D eigenvalue weighted by Crippen LogP contribution is -2.39. The minimum atomic E-state index is -1.34. The summed E-state index contributed by atoms with van der Waals surface area (Å²) in [5.74, 6) is -3.10. The van der Waals surface area contributed by atoms with Gasteiger partial charge in [-0.25, -0.2) is 13.2 Å². The zero-order valence-electron chi connectivity index (χ0n) is 11.5. The summed E-state index contributed by atoms with van der Waals surface area (Å²) in [5.41, 5.74) is 0.706. The molecule has 110 valence electrons. The second-order valence-electron chi connectivity index (χ2n) is 4.78. The summed E-state index contributed by atoms with van der Waals surface area (Å²) in [6, 6.07) is 0. The van der Waals surface area contributed by atoms with E-state index in [1.54, 1.807) is 14.0 Å². The molecule has 7 heteroatoms. The van der Waals surface area contributed by atoms with Gasteiger partial charge >= 0.3 is 0 Å². The van der Waals surface area contributed by atoms with Crippen LogP contribution in [-0.4, -0.2) is 5.10 Å². The molecule has 0 N–H and O–H groups in total. The zero-order valence-corrected chi connectivity index (χ0v) is 12.3. The molecule has 0 spiro atoms.